The van der Waals surface area contributed by atoms with Crippen LogP contribution in [0.4, 0.5) is 13.2 Å². The largest absolute Gasteiger partial charge is 0.269 e. The molecule has 3 rings (SSSR count). The van der Waals surface area contributed by atoms with E-state index < -0.39 is 12.6 Å². The van der Waals surface area contributed by atoms with Crippen LogP contribution in [0.25, 0.3) is 22.2 Å². The summed E-state index contributed by atoms with van der Waals surface area (Å²) in [5.74, 6) is 0. The van der Waals surface area contributed by atoms with Gasteiger partial charge in [0.05, 0.1) is 11.2 Å². The van der Waals surface area contributed by atoms with Crippen molar-refractivity contribution < 1.29 is 13.2 Å². The van der Waals surface area contributed by atoms with Gasteiger partial charge in [0.25, 0.3) is 6.43 Å². The molecule has 0 bridgehead atoms. The molecule has 0 saturated heterocycles. The van der Waals surface area contributed by atoms with E-state index in [1.807, 2.05) is 32.0 Å². The molecule has 1 nitrogen and oxygen atoms in total. The Bertz CT molecular complexity index is 854. The molecule has 0 saturated carbocycles. The van der Waals surface area contributed by atoms with Gasteiger partial charge in [0, 0.05) is 17.4 Å². The number of benzene rings is 2. The molecule has 1 aromatic heterocycles. The predicted molar refractivity (Wildman–Crippen MR) is 91.3 cm³/mol. The van der Waals surface area contributed by atoms with E-state index >= 15 is 0 Å². The van der Waals surface area contributed by atoms with Crippen molar-refractivity contribution in [3.63, 3.8) is 0 Å². The molecule has 0 fully saturated rings. The SMILES string of the molecule is Cc1cc(C)cc(-c2ccc3c(CC(F)C(F)F)cccc3n2)c1. The summed E-state index contributed by atoms with van der Waals surface area (Å²) in [6.07, 6.45) is -5.43. The van der Waals surface area contributed by atoms with Crippen molar-refractivity contribution in [2.45, 2.75) is 32.9 Å². The third-order valence-electron chi connectivity index (χ3n) is 4.03. The zero-order valence-corrected chi connectivity index (χ0v) is 13.6. The lowest BCUT2D eigenvalue weighted by Crippen LogP contribution is -2.15. The summed E-state index contributed by atoms with van der Waals surface area (Å²) >= 11 is 0. The average Bonchev–Trinajstić information content (AvgIpc) is 2.53. The molecule has 4 heteroatoms. The number of alkyl halides is 3. The van der Waals surface area contributed by atoms with Crippen LogP contribution in [-0.2, 0) is 6.42 Å². The van der Waals surface area contributed by atoms with Crippen molar-refractivity contribution in [1.29, 1.82) is 0 Å². The Morgan fingerprint density at radius 2 is 1.62 bits per heavy atom. The normalized spacial score (nSPS) is 12.8. The zero-order chi connectivity index (χ0) is 17.3. The number of hydrogen-bond donors (Lipinski definition) is 0. The van der Waals surface area contributed by atoms with E-state index in [0.717, 1.165) is 22.4 Å². The molecule has 0 aliphatic rings. The number of pyridine rings is 1. The van der Waals surface area contributed by atoms with Gasteiger partial charge >= 0.3 is 0 Å². The Kier molecular flexibility index (Phi) is 4.56. The standard InChI is InChI=1S/C20H18F3N/c1-12-8-13(2)10-15(9-12)18-7-6-16-14(11-17(21)20(22)23)4-3-5-19(16)24-18/h3-10,17,20H,11H2,1-2H3. The quantitative estimate of drug-likeness (QED) is 0.601. The van der Waals surface area contributed by atoms with Crippen LogP contribution >= 0.6 is 0 Å². The molecular formula is C20H18F3N. The summed E-state index contributed by atoms with van der Waals surface area (Å²) in [6.45, 7) is 4.06. The number of aryl methyl sites for hydroxylation is 2. The molecule has 0 radical (unpaired) electrons. The monoisotopic (exact) mass is 329 g/mol. The number of nitrogens with zero attached hydrogens (tertiary/aromatic N) is 1. The van der Waals surface area contributed by atoms with Crippen molar-refractivity contribution in [2.24, 2.45) is 0 Å². The van der Waals surface area contributed by atoms with E-state index in [1.54, 1.807) is 12.1 Å². The van der Waals surface area contributed by atoms with Crippen LogP contribution < -0.4 is 0 Å². The molecule has 0 spiro atoms. The first-order valence-electron chi connectivity index (χ1n) is 7.83. The number of fused-ring (bicyclic) bond motifs is 1. The lowest BCUT2D eigenvalue weighted by molar-refractivity contribution is 0.0505. The van der Waals surface area contributed by atoms with Crippen LogP contribution in [0.1, 0.15) is 16.7 Å². The van der Waals surface area contributed by atoms with Gasteiger partial charge in [-0.15, -0.1) is 0 Å². The van der Waals surface area contributed by atoms with Gasteiger partial charge in [-0.3, -0.25) is 0 Å². The molecule has 0 N–H and O–H groups in total. The van der Waals surface area contributed by atoms with Crippen LogP contribution in [-0.4, -0.2) is 17.6 Å². The number of rotatable bonds is 4. The van der Waals surface area contributed by atoms with Crippen molar-refractivity contribution in [1.82, 2.24) is 4.98 Å². The van der Waals surface area contributed by atoms with Gasteiger partial charge in [-0.1, -0.05) is 35.4 Å². The molecule has 1 atom stereocenters. The van der Waals surface area contributed by atoms with Crippen LogP contribution in [0.3, 0.4) is 0 Å². The minimum Gasteiger partial charge on any atom is -0.248 e. The first-order valence-corrected chi connectivity index (χ1v) is 7.83. The highest BCUT2D eigenvalue weighted by Gasteiger charge is 2.20. The molecule has 124 valence electrons. The van der Waals surface area contributed by atoms with Crippen molar-refractivity contribution in [3.05, 3.63) is 65.2 Å². The second-order valence-corrected chi connectivity index (χ2v) is 6.11. The molecule has 1 unspecified atom stereocenters. The van der Waals surface area contributed by atoms with E-state index in [4.69, 9.17) is 0 Å². The summed E-state index contributed by atoms with van der Waals surface area (Å²) in [7, 11) is 0. The highest BCUT2D eigenvalue weighted by Crippen LogP contribution is 2.26. The third-order valence-corrected chi connectivity index (χ3v) is 4.03. The fourth-order valence-electron chi connectivity index (χ4n) is 2.98. The maximum atomic E-state index is 13.4. The van der Waals surface area contributed by atoms with E-state index in [0.29, 0.717) is 16.5 Å². The third kappa shape index (κ3) is 3.42. The molecule has 0 aliphatic heterocycles. The van der Waals surface area contributed by atoms with Crippen LogP contribution in [0.15, 0.2) is 48.5 Å². The second kappa shape index (κ2) is 6.63. The second-order valence-electron chi connectivity index (χ2n) is 6.11. The molecule has 0 aliphatic carbocycles. The summed E-state index contributed by atoms with van der Waals surface area (Å²) in [5.41, 5.74) is 5.37. The van der Waals surface area contributed by atoms with E-state index in [2.05, 4.69) is 23.2 Å². The molecule has 3 aromatic rings. The topological polar surface area (TPSA) is 12.9 Å². The van der Waals surface area contributed by atoms with Gasteiger partial charge in [0.15, 0.2) is 6.17 Å². The summed E-state index contributed by atoms with van der Waals surface area (Å²) in [6, 6.07) is 15.1. The fraction of sp³-hybridized carbons (Fsp3) is 0.250. The Hall–Kier alpha value is -2.36. The van der Waals surface area contributed by atoms with Gasteiger partial charge in [-0.05, 0) is 43.7 Å². The Morgan fingerprint density at radius 1 is 0.917 bits per heavy atom. The van der Waals surface area contributed by atoms with Gasteiger partial charge < -0.3 is 0 Å². The molecule has 0 amide bonds. The molecule has 1 heterocycles. The maximum Gasteiger partial charge on any atom is 0.269 e. The number of halogens is 3. The molecular weight excluding hydrogens is 311 g/mol. The lowest BCUT2D eigenvalue weighted by atomic mass is 10.0. The molecule has 2 aromatic carbocycles. The highest BCUT2D eigenvalue weighted by atomic mass is 19.3. The van der Waals surface area contributed by atoms with E-state index in [9.17, 15) is 13.2 Å². The van der Waals surface area contributed by atoms with Gasteiger partial charge in [0.1, 0.15) is 0 Å². The summed E-state index contributed by atoms with van der Waals surface area (Å²) in [4.78, 5) is 4.63. The average molecular weight is 329 g/mol. The maximum absolute atomic E-state index is 13.4. The molecule has 24 heavy (non-hydrogen) atoms. The first kappa shape index (κ1) is 16.5. The number of aromatic nitrogens is 1. The highest BCUT2D eigenvalue weighted by molar-refractivity contribution is 5.84. The predicted octanol–water partition coefficient (Wildman–Crippen LogP) is 5.66. The van der Waals surface area contributed by atoms with Gasteiger partial charge in [-0.25, -0.2) is 18.2 Å². The first-order chi connectivity index (χ1) is 11.4. The summed E-state index contributed by atoms with van der Waals surface area (Å²) < 4.78 is 38.4. The Morgan fingerprint density at radius 3 is 2.29 bits per heavy atom. The Balaban J connectivity index is 2.03. The van der Waals surface area contributed by atoms with Crippen LogP contribution in [0.2, 0.25) is 0 Å². The van der Waals surface area contributed by atoms with Gasteiger partial charge in [-0.2, -0.15) is 0 Å². The fourth-order valence-corrected chi connectivity index (χ4v) is 2.98. The van der Waals surface area contributed by atoms with Crippen molar-refractivity contribution >= 4 is 10.9 Å². The summed E-state index contributed by atoms with van der Waals surface area (Å²) in [5, 5.41) is 0.717. The van der Waals surface area contributed by atoms with E-state index in [1.165, 1.54) is 0 Å². The van der Waals surface area contributed by atoms with Crippen molar-refractivity contribution in [3.8, 4) is 11.3 Å². The van der Waals surface area contributed by atoms with E-state index in [-0.39, 0.29) is 6.42 Å². The van der Waals surface area contributed by atoms with Crippen LogP contribution in [0.5, 0.6) is 0 Å². The Labute approximate surface area is 139 Å². The van der Waals surface area contributed by atoms with Crippen LogP contribution in [0, 0.1) is 13.8 Å². The van der Waals surface area contributed by atoms with Crippen molar-refractivity contribution in [2.75, 3.05) is 0 Å². The minimum atomic E-state index is -2.97. The van der Waals surface area contributed by atoms with Gasteiger partial charge in [0.2, 0.25) is 0 Å². The smallest absolute Gasteiger partial charge is 0.248 e. The lowest BCUT2D eigenvalue weighted by Gasteiger charge is -2.11. The zero-order valence-electron chi connectivity index (χ0n) is 13.6. The number of hydrogen-bond acceptors (Lipinski definition) is 1. The minimum absolute atomic E-state index is 0.306.